The third-order valence-electron chi connectivity index (χ3n) is 3.35. The Bertz CT molecular complexity index is 202. The Morgan fingerprint density at radius 3 is 1.47 bits per heavy atom. The first-order valence-corrected chi connectivity index (χ1v) is 6.72. The number of aliphatic hydroxyl groups excluding tert-OH is 3. The molecule has 0 aromatic carbocycles. The van der Waals surface area contributed by atoms with E-state index in [1.165, 1.54) is 0 Å². The predicted molar refractivity (Wildman–Crippen MR) is 70.6 cm³/mol. The fourth-order valence-electron chi connectivity index (χ4n) is 2.31. The van der Waals surface area contributed by atoms with Gasteiger partial charge in [-0.05, 0) is 24.2 Å². The van der Waals surface area contributed by atoms with E-state index in [4.69, 9.17) is 0 Å². The predicted octanol–water partition coefficient (Wildman–Crippen LogP) is 2.04. The van der Waals surface area contributed by atoms with E-state index in [0.717, 1.165) is 0 Å². The standard InChI is InChI=1S/C14H30O3/c1-8(2)7-11(15)14(17)12(9(3)4)13(16)10(5)6/h8-17H,7H2,1-6H3. The minimum atomic E-state index is -0.852. The van der Waals surface area contributed by atoms with Crippen molar-refractivity contribution in [2.45, 2.75) is 66.3 Å². The van der Waals surface area contributed by atoms with Gasteiger partial charge in [-0.1, -0.05) is 41.5 Å². The second kappa shape index (κ2) is 7.34. The maximum absolute atomic E-state index is 10.2. The number of rotatable bonds is 7. The van der Waals surface area contributed by atoms with Crippen LogP contribution in [0.25, 0.3) is 0 Å². The maximum atomic E-state index is 10.2. The van der Waals surface area contributed by atoms with Crippen molar-refractivity contribution in [3.05, 3.63) is 0 Å². The molecule has 104 valence electrons. The molecule has 4 atom stereocenters. The Balaban J connectivity index is 4.70. The molecule has 0 radical (unpaired) electrons. The lowest BCUT2D eigenvalue weighted by molar-refractivity contribution is -0.0897. The fraction of sp³-hybridized carbons (Fsp3) is 1.00. The smallest absolute Gasteiger partial charge is 0.0854 e. The Morgan fingerprint density at radius 1 is 0.706 bits per heavy atom. The highest BCUT2D eigenvalue weighted by Gasteiger charge is 2.35. The van der Waals surface area contributed by atoms with Gasteiger partial charge in [0.25, 0.3) is 0 Å². The van der Waals surface area contributed by atoms with E-state index in [1.807, 2.05) is 41.5 Å². The van der Waals surface area contributed by atoms with Crippen molar-refractivity contribution in [1.29, 1.82) is 0 Å². The third-order valence-corrected chi connectivity index (χ3v) is 3.35. The zero-order valence-electron chi connectivity index (χ0n) is 12.1. The van der Waals surface area contributed by atoms with Crippen molar-refractivity contribution >= 4 is 0 Å². The normalized spacial score (nSPS) is 19.8. The van der Waals surface area contributed by atoms with Crippen molar-refractivity contribution in [2.75, 3.05) is 0 Å². The average molecular weight is 246 g/mol. The Morgan fingerprint density at radius 2 is 1.18 bits per heavy atom. The summed E-state index contributed by atoms with van der Waals surface area (Å²) in [6, 6.07) is 0. The highest BCUT2D eigenvalue weighted by Crippen LogP contribution is 2.27. The largest absolute Gasteiger partial charge is 0.392 e. The second-order valence-electron chi connectivity index (χ2n) is 6.24. The number of hydrogen-bond donors (Lipinski definition) is 3. The van der Waals surface area contributed by atoms with Crippen LogP contribution in [0.1, 0.15) is 48.0 Å². The third kappa shape index (κ3) is 5.36. The molecule has 0 aliphatic heterocycles. The van der Waals surface area contributed by atoms with Gasteiger partial charge in [-0.15, -0.1) is 0 Å². The van der Waals surface area contributed by atoms with Gasteiger partial charge in [0, 0.05) is 5.92 Å². The van der Waals surface area contributed by atoms with Gasteiger partial charge in [-0.25, -0.2) is 0 Å². The monoisotopic (exact) mass is 246 g/mol. The van der Waals surface area contributed by atoms with Crippen LogP contribution < -0.4 is 0 Å². The summed E-state index contributed by atoms with van der Waals surface area (Å²) in [7, 11) is 0. The summed E-state index contributed by atoms with van der Waals surface area (Å²) < 4.78 is 0. The highest BCUT2D eigenvalue weighted by atomic mass is 16.3. The number of hydrogen-bond acceptors (Lipinski definition) is 3. The van der Waals surface area contributed by atoms with E-state index < -0.39 is 18.3 Å². The molecule has 0 aromatic heterocycles. The van der Waals surface area contributed by atoms with Crippen molar-refractivity contribution in [2.24, 2.45) is 23.7 Å². The van der Waals surface area contributed by atoms with Crippen LogP contribution in [-0.2, 0) is 0 Å². The fourth-order valence-corrected chi connectivity index (χ4v) is 2.31. The van der Waals surface area contributed by atoms with Gasteiger partial charge >= 0.3 is 0 Å². The minimum absolute atomic E-state index is 0.0864. The zero-order valence-corrected chi connectivity index (χ0v) is 12.1. The van der Waals surface area contributed by atoms with Crippen LogP contribution in [0.5, 0.6) is 0 Å². The summed E-state index contributed by atoms with van der Waals surface area (Å²) in [6.45, 7) is 11.8. The van der Waals surface area contributed by atoms with Crippen LogP contribution in [-0.4, -0.2) is 33.6 Å². The molecular formula is C14H30O3. The second-order valence-corrected chi connectivity index (χ2v) is 6.24. The molecule has 3 N–H and O–H groups in total. The molecule has 0 rings (SSSR count). The van der Waals surface area contributed by atoms with Gasteiger partial charge < -0.3 is 15.3 Å². The van der Waals surface area contributed by atoms with Gasteiger partial charge in [0.2, 0.25) is 0 Å². The van der Waals surface area contributed by atoms with E-state index in [1.54, 1.807) is 0 Å². The van der Waals surface area contributed by atoms with Crippen molar-refractivity contribution in [1.82, 2.24) is 0 Å². The summed E-state index contributed by atoms with van der Waals surface area (Å²) in [5, 5.41) is 30.3. The molecule has 17 heavy (non-hydrogen) atoms. The van der Waals surface area contributed by atoms with Crippen LogP contribution in [0.4, 0.5) is 0 Å². The van der Waals surface area contributed by atoms with Crippen LogP contribution >= 0.6 is 0 Å². The van der Waals surface area contributed by atoms with E-state index >= 15 is 0 Å². The molecule has 0 bridgehead atoms. The van der Waals surface area contributed by atoms with E-state index in [2.05, 4.69) is 0 Å². The van der Waals surface area contributed by atoms with E-state index in [-0.39, 0.29) is 17.8 Å². The van der Waals surface area contributed by atoms with Gasteiger partial charge in [0.1, 0.15) is 0 Å². The molecule has 0 amide bonds. The zero-order chi connectivity index (χ0) is 13.7. The van der Waals surface area contributed by atoms with Gasteiger partial charge in [-0.2, -0.15) is 0 Å². The summed E-state index contributed by atoms with van der Waals surface area (Å²) in [5.41, 5.74) is 0. The molecule has 4 unspecified atom stereocenters. The number of aliphatic hydroxyl groups is 3. The molecule has 0 spiro atoms. The Hall–Kier alpha value is -0.120. The molecule has 0 heterocycles. The van der Waals surface area contributed by atoms with Crippen molar-refractivity contribution < 1.29 is 15.3 Å². The van der Waals surface area contributed by atoms with Crippen molar-refractivity contribution in [3.63, 3.8) is 0 Å². The van der Waals surface area contributed by atoms with Crippen LogP contribution in [0.3, 0.4) is 0 Å². The molecule has 3 heteroatoms. The minimum Gasteiger partial charge on any atom is -0.392 e. The molecule has 0 fully saturated rings. The Kier molecular flexibility index (Phi) is 7.29. The molecule has 0 saturated heterocycles. The first-order valence-electron chi connectivity index (χ1n) is 6.72. The summed E-state index contributed by atoms with van der Waals surface area (Å²) in [4.78, 5) is 0. The topological polar surface area (TPSA) is 60.7 Å². The van der Waals surface area contributed by atoms with Gasteiger partial charge in [0.05, 0.1) is 18.3 Å². The summed E-state index contributed by atoms with van der Waals surface area (Å²) >= 11 is 0. The lowest BCUT2D eigenvalue weighted by Gasteiger charge is -2.35. The molecule has 3 nitrogen and oxygen atoms in total. The molecule has 0 aromatic rings. The SMILES string of the molecule is CC(C)CC(O)C(O)C(C(C)C)C(O)C(C)C. The first-order chi connectivity index (χ1) is 7.68. The summed E-state index contributed by atoms with van der Waals surface area (Å²) in [6.07, 6.45) is -1.62. The summed E-state index contributed by atoms with van der Waals surface area (Å²) in [5.74, 6) is 0.292. The van der Waals surface area contributed by atoms with Crippen LogP contribution in [0, 0.1) is 23.7 Å². The lowest BCUT2D eigenvalue weighted by Crippen LogP contribution is -2.45. The van der Waals surface area contributed by atoms with Gasteiger partial charge in [0.15, 0.2) is 0 Å². The van der Waals surface area contributed by atoms with Gasteiger partial charge in [-0.3, -0.25) is 0 Å². The molecule has 0 saturated carbocycles. The molecular weight excluding hydrogens is 216 g/mol. The molecule has 0 aliphatic carbocycles. The quantitative estimate of drug-likeness (QED) is 0.644. The first kappa shape index (κ1) is 16.9. The highest BCUT2D eigenvalue weighted by molar-refractivity contribution is 4.85. The van der Waals surface area contributed by atoms with Crippen LogP contribution in [0.15, 0.2) is 0 Å². The lowest BCUT2D eigenvalue weighted by atomic mass is 9.78. The van der Waals surface area contributed by atoms with E-state index in [9.17, 15) is 15.3 Å². The Labute approximate surface area is 106 Å². The van der Waals surface area contributed by atoms with Crippen molar-refractivity contribution in [3.8, 4) is 0 Å². The maximum Gasteiger partial charge on any atom is 0.0854 e. The van der Waals surface area contributed by atoms with Crippen LogP contribution in [0.2, 0.25) is 0 Å². The molecule has 0 aliphatic rings. The van der Waals surface area contributed by atoms with E-state index in [0.29, 0.717) is 12.3 Å². The average Bonchev–Trinajstić information content (AvgIpc) is 2.15.